The molecule has 1 fully saturated rings. The molecule has 2 aliphatic rings. The summed E-state index contributed by atoms with van der Waals surface area (Å²) < 4.78 is 0. The van der Waals surface area contributed by atoms with Crippen molar-refractivity contribution in [2.45, 2.75) is 58.4 Å². The predicted octanol–water partition coefficient (Wildman–Crippen LogP) is 5.70. The summed E-state index contributed by atoms with van der Waals surface area (Å²) in [5.74, 6) is 0.395. The van der Waals surface area contributed by atoms with Crippen molar-refractivity contribution < 1.29 is 9.90 Å². The standard InChI is InChI=1S/C26H30ClNO2/c1-4-19-7-10-22(20-5-8-21(27)9-6-20)16(2)23(19)24-17(3)26(28-25(24)30)13-11-18(15-29)12-14-26/h5-10,18,29H,4,11-15H2,1-3H3,(H,28,30). The Labute approximate surface area is 184 Å². The summed E-state index contributed by atoms with van der Waals surface area (Å²) >= 11 is 6.09. The third-order valence-electron chi connectivity index (χ3n) is 7.23. The second-order valence-corrected chi connectivity index (χ2v) is 9.23. The zero-order valence-corrected chi connectivity index (χ0v) is 18.8. The molecule has 1 saturated carbocycles. The molecule has 2 aromatic rings. The first-order chi connectivity index (χ1) is 14.4. The van der Waals surface area contributed by atoms with Gasteiger partial charge in [-0.15, -0.1) is 0 Å². The molecular formula is C26H30ClNO2. The maximum Gasteiger partial charge on any atom is 0.252 e. The number of aliphatic hydroxyl groups excluding tert-OH is 1. The highest BCUT2D eigenvalue weighted by Gasteiger charge is 2.45. The fraction of sp³-hybridized carbons (Fsp3) is 0.423. The second kappa shape index (κ2) is 8.20. The summed E-state index contributed by atoms with van der Waals surface area (Å²) in [4.78, 5) is 13.3. The topological polar surface area (TPSA) is 49.3 Å². The van der Waals surface area contributed by atoms with Gasteiger partial charge in [0.25, 0.3) is 5.91 Å². The maximum atomic E-state index is 13.3. The lowest BCUT2D eigenvalue weighted by atomic mass is 9.73. The monoisotopic (exact) mass is 423 g/mol. The van der Waals surface area contributed by atoms with Crippen LogP contribution in [0.3, 0.4) is 0 Å². The van der Waals surface area contributed by atoms with Crippen molar-refractivity contribution in [2.75, 3.05) is 6.61 Å². The van der Waals surface area contributed by atoms with Crippen molar-refractivity contribution in [3.63, 3.8) is 0 Å². The van der Waals surface area contributed by atoms with Gasteiger partial charge < -0.3 is 10.4 Å². The molecule has 1 aliphatic heterocycles. The molecule has 1 amide bonds. The summed E-state index contributed by atoms with van der Waals surface area (Å²) in [7, 11) is 0. The molecule has 0 atom stereocenters. The Morgan fingerprint density at radius 1 is 1.10 bits per heavy atom. The first kappa shape index (κ1) is 21.1. The zero-order valence-electron chi connectivity index (χ0n) is 18.0. The van der Waals surface area contributed by atoms with Crippen LogP contribution in [0.2, 0.25) is 5.02 Å². The van der Waals surface area contributed by atoms with Crippen molar-refractivity contribution in [1.29, 1.82) is 0 Å². The third kappa shape index (κ3) is 3.48. The van der Waals surface area contributed by atoms with Gasteiger partial charge in [-0.1, -0.05) is 42.8 Å². The summed E-state index contributed by atoms with van der Waals surface area (Å²) in [5, 5.41) is 13.6. The van der Waals surface area contributed by atoms with Crippen LogP contribution < -0.4 is 5.32 Å². The van der Waals surface area contributed by atoms with Gasteiger partial charge in [0.05, 0.1) is 5.54 Å². The predicted molar refractivity (Wildman–Crippen MR) is 124 cm³/mol. The van der Waals surface area contributed by atoms with Crippen molar-refractivity contribution in [2.24, 2.45) is 5.92 Å². The minimum Gasteiger partial charge on any atom is -0.396 e. The third-order valence-corrected chi connectivity index (χ3v) is 7.48. The van der Waals surface area contributed by atoms with E-state index in [0.717, 1.165) is 70.5 Å². The van der Waals surface area contributed by atoms with E-state index in [-0.39, 0.29) is 18.1 Å². The fourth-order valence-corrected chi connectivity index (χ4v) is 5.42. The minimum absolute atomic E-state index is 0.0426. The molecule has 0 aromatic heterocycles. The number of rotatable bonds is 4. The van der Waals surface area contributed by atoms with Crippen molar-refractivity contribution in [3.8, 4) is 11.1 Å². The SMILES string of the molecule is CCc1ccc(-c2ccc(Cl)cc2)c(C)c1C1=C(C)C2(CCC(CO)CC2)NC1=O. The highest BCUT2D eigenvalue weighted by atomic mass is 35.5. The molecule has 1 heterocycles. The number of halogens is 1. The van der Waals surface area contributed by atoms with Crippen molar-refractivity contribution in [3.05, 3.63) is 63.7 Å². The number of aliphatic hydroxyl groups is 1. The Balaban J connectivity index is 1.83. The average molecular weight is 424 g/mol. The molecule has 2 aromatic carbocycles. The van der Waals surface area contributed by atoms with Gasteiger partial charge >= 0.3 is 0 Å². The molecule has 3 nitrogen and oxygen atoms in total. The van der Waals surface area contributed by atoms with Crippen molar-refractivity contribution >= 4 is 23.1 Å². The Morgan fingerprint density at radius 2 is 1.77 bits per heavy atom. The van der Waals surface area contributed by atoms with Gasteiger partial charge in [-0.25, -0.2) is 0 Å². The van der Waals surface area contributed by atoms with Crippen LogP contribution >= 0.6 is 11.6 Å². The van der Waals surface area contributed by atoms with Crippen LogP contribution in [0.5, 0.6) is 0 Å². The van der Waals surface area contributed by atoms with E-state index in [0.29, 0.717) is 5.92 Å². The second-order valence-electron chi connectivity index (χ2n) is 8.79. The van der Waals surface area contributed by atoms with Gasteiger partial charge in [-0.05, 0) is 97.4 Å². The lowest BCUT2D eigenvalue weighted by molar-refractivity contribution is -0.116. The van der Waals surface area contributed by atoms with Crippen LogP contribution in [-0.2, 0) is 11.2 Å². The number of nitrogens with one attached hydrogen (secondary N) is 1. The Hall–Kier alpha value is -2.10. The molecule has 0 bridgehead atoms. The molecule has 1 aliphatic carbocycles. The number of carbonyl (C=O) groups is 1. The first-order valence-corrected chi connectivity index (χ1v) is 11.3. The number of amides is 1. The van der Waals surface area contributed by atoms with E-state index in [4.69, 9.17) is 11.6 Å². The highest BCUT2D eigenvalue weighted by Crippen LogP contribution is 2.45. The Bertz CT molecular complexity index is 998. The van der Waals surface area contributed by atoms with Gasteiger partial charge in [0.15, 0.2) is 0 Å². The summed E-state index contributed by atoms with van der Waals surface area (Å²) in [6.07, 6.45) is 4.58. The Morgan fingerprint density at radius 3 is 2.37 bits per heavy atom. The van der Waals surface area contributed by atoms with E-state index in [1.54, 1.807) is 0 Å². The largest absolute Gasteiger partial charge is 0.396 e. The smallest absolute Gasteiger partial charge is 0.252 e. The highest BCUT2D eigenvalue weighted by molar-refractivity contribution is 6.30. The normalized spacial score (nSPS) is 23.9. The molecule has 4 rings (SSSR count). The molecule has 30 heavy (non-hydrogen) atoms. The van der Waals surface area contributed by atoms with E-state index in [9.17, 15) is 9.90 Å². The summed E-state index contributed by atoms with van der Waals surface area (Å²) in [6.45, 7) is 6.63. The molecule has 0 unspecified atom stereocenters. The number of hydrogen-bond acceptors (Lipinski definition) is 2. The van der Waals surface area contributed by atoms with Gasteiger partial charge in [0.2, 0.25) is 0 Å². The van der Waals surface area contributed by atoms with E-state index < -0.39 is 0 Å². The number of carbonyl (C=O) groups excluding carboxylic acids is 1. The maximum absolute atomic E-state index is 13.3. The molecule has 0 saturated heterocycles. The number of aryl methyl sites for hydroxylation is 1. The van der Waals surface area contributed by atoms with Crippen LogP contribution in [0, 0.1) is 12.8 Å². The van der Waals surface area contributed by atoms with E-state index in [1.165, 1.54) is 5.56 Å². The van der Waals surface area contributed by atoms with Crippen molar-refractivity contribution in [1.82, 2.24) is 5.32 Å². The van der Waals surface area contributed by atoms with Gasteiger partial charge in [0, 0.05) is 17.2 Å². The molecule has 2 N–H and O–H groups in total. The zero-order chi connectivity index (χ0) is 21.5. The number of hydrogen-bond donors (Lipinski definition) is 2. The average Bonchev–Trinajstić information content (AvgIpc) is 2.98. The van der Waals surface area contributed by atoms with Crippen LogP contribution in [0.25, 0.3) is 16.7 Å². The van der Waals surface area contributed by atoms with E-state index in [2.05, 4.69) is 38.2 Å². The van der Waals surface area contributed by atoms with Gasteiger partial charge in [0.1, 0.15) is 0 Å². The van der Waals surface area contributed by atoms with Gasteiger partial charge in [-0.3, -0.25) is 4.79 Å². The summed E-state index contributed by atoms with van der Waals surface area (Å²) in [5.41, 5.74) is 7.43. The van der Waals surface area contributed by atoms with E-state index in [1.807, 2.05) is 24.3 Å². The van der Waals surface area contributed by atoms with Crippen LogP contribution in [0.1, 0.15) is 56.2 Å². The summed E-state index contributed by atoms with van der Waals surface area (Å²) in [6, 6.07) is 12.2. The Kier molecular flexibility index (Phi) is 5.78. The quantitative estimate of drug-likeness (QED) is 0.662. The van der Waals surface area contributed by atoms with E-state index >= 15 is 0 Å². The molecule has 1 spiro atoms. The molecular weight excluding hydrogens is 394 g/mol. The van der Waals surface area contributed by atoms with Gasteiger partial charge in [-0.2, -0.15) is 0 Å². The van der Waals surface area contributed by atoms with Crippen LogP contribution in [0.15, 0.2) is 42.0 Å². The molecule has 4 heteroatoms. The minimum atomic E-state index is -0.258. The van der Waals surface area contributed by atoms with Crippen LogP contribution in [0.4, 0.5) is 0 Å². The number of benzene rings is 2. The van der Waals surface area contributed by atoms with Crippen LogP contribution in [-0.4, -0.2) is 23.2 Å². The lowest BCUT2D eigenvalue weighted by Crippen LogP contribution is -2.47. The molecule has 0 radical (unpaired) electrons. The lowest BCUT2D eigenvalue weighted by Gasteiger charge is -2.38. The first-order valence-electron chi connectivity index (χ1n) is 10.9. The molecule has 158 valence electrons. The fourth-order valence-electron chi connectivity index (χ4n) is 5.29.